The molecular weight excluding hydrogens is 912 g/mol. The van der Waals surface area contributed by atoms with E-state index in [1.165, 1.54) is 31.3 Å². The van der Waals surface area contributed by atoms with E-state index in [-0.39, 0.29) is 29.1 Å². The van der Waals surface area contributed by atoms with Gasteiger partial charge in [-0.15, -0.1) is 0 Å². The number of carbonyl (C=O) groups excluding carboxylic acids is 7. The minimum absolute atomic E-state index is 0.109. The number of likely N-dealkylation sites (N-methyl/N-ethyl adjacent to an activating group) is 1. The molecule has 5 rings (SSSR count). The molecule has 2 aliphatic rings. The number of hydrogen-bond acceptors (Lipinski definition) is 13. The van der Waals surface area contributed by atoms with Crippen molar-refractivity contribution in [2.24, 2.45) is 0 Å². The highest BCUT2D eigenvalue weighted by Crippen LogP contribution is 2.27. The van der Waals surface area contributed by atoms with Gasteiger partial charge in [-0.3, -0.25) is 33.6 Å². The van der Waals surface area contributed by atoms with Gasteiger partial charge in [0.15, 0.2) is 6.10 Å². The van der Waals surface area contributed by atoms with Crippen molar-refractivity contribution in [3.05, 3.63) is 82.5 Å². The Morgan fingerprint density at radius 2 is 1.56 bits per heavy atom. The van der Waals surface area contributed by atoms with Crippen LogP contribution in [-0.4, -0.2) is 165 Å². The number of carboxylic acids is 1. The molecule has 2 aliphatic heterocycles. The van der Waals surface area contributed by atoms with E-state index >= 15 is 0 Å². The van der Waals surface area contributed by atoms with E-state index in [1.54, 1.807) is 30.4 Å². The van der Waals surface area contributed by atoms with Crippen LogP contribution in [0, 0.1) is 0 Å². The molecule has 8 unspecified atom stereocenters. The Morgan fingerprint density at radius 3 is 2.26 bits per heavy atom. The normalized spacial score (nSPS) is 24.1. The van der Waals surface area contributed by atoms with Crippen LogP contribution in [0.2, 0.25) is 5.02 Å². The second-order valence-corrected chi connectivity index (χ2v) is 16.7. The van der Waals surface area contributed by atoms with Gasteiger partial charge in [0.1, 0.15) is 23.6 Å². The van der Waals surface area contributed by atoms with Crippen LogP contribution in [0.3, 0.4) is 0 Å². The van der Waals surface area contributed by atoms with E-state index in [1.807, 2.05) is 19.1 Å². The molecule has 2 fully saturated rings. The largest absolute Gasteiger partial charge is 0.494 e. The van der Waals surface area contributed by atoms with Crippen LogP contribution < -0.4 is 36.6 Å². The average molecular weight is 967 g/mol. The third-order valence-corrected chi connectivity index (χ3v) is 11.3. The van der Waals surface area contributed by atoms with Crippen LogP contribution in [-0.2, 0) is 40.0 Å². The number of β-amino-alcohol motifs (C(OH)–C–C–N with tert-alkyl or cyclic N) is 1. The topological polar surface area (TPSA) is 338 Å². The number of aliphatic hydroxyl groups is 4. The first-order valence-electron chi connectivity index (χ1n) is 21.6. The molecule has 8 atom stereocenters. The van der Waals surface area contributed by atoms with Gasteiger partial charge in [-0.1, -0.05) is 54.1 Å². The molecule has 23 heteroatoms. The second kappa shape index (κ2) is 24.3. The van der Waals surface area contributed by atoms with Gasteiger partial charge >= 0.3 is 5.97 Å². The number of hydrogen-bond donors (Lipinski definition) is 12. The maximum Gasteiger partial charge on any atom is 0.352 e. The fraction of sp³-hybridized carbons (Fsp3) is 0.422. The highest BCUT2D eigenvalue weighted by Gasteiger charge is 2.41. The molecule has 22 nitrogen and oxygen atoms in total. The molecule has 0 bridgehead atoms. The third-order valence-electron chi connectivity index (χ3n) is 11.1. The molecule has 68 heavy (non-hydrogen) atoms. The number of rotatable bonds is 11. The summed E-state index contributed by atoms with van der Waals surface area (Å²) in [6, 6.07) is 6.11. The first-order chi connectivity index (χ1) is 32.3. The standard InChI is InChI=1S/C45H55ClN8O14/c1-3-68-26-12-9-23(10-13-26)7-5-4-6-8-33(56)41(62)40-42(63)44(65)52-30-18-35(58)49-31(30)19-38(61)54(2)22-37(60)50-32(43(64)48-21-36(59)47-20-25(55)16-34(57)53-40)17-28-27-14-11-24(46)15-29(27)51-39(28)45(66)67/h4-7,9-15,25,30-33,40-42,51,55-56,62-63H,3,8,16-22H2,1-2H3,(H,47,59)(H,48,64)(H,49,58)(H,50,60)(H,52,65)(H,53,57)(H,66,67). The van der Waals surface area contributed by atoms with Gasteiger partial charge in [0, 0.05) is 48.8 Å². The number of aromatic carboxylic acids is 1. The highest BCUT2D eigenvalue weighted by atomic mass is 35.5. The number of aliphatic hydroxyl groups excluding tert-OH is 4. The van der Waals surface area contributed by atoms with E-state index in [0.717, 1.165) is 10.5 Å². The average Bonchev–Trinajstić information content (AvgIpc) is 3.83. The molecule has 0 spiro atoms. The molecule has 366 valence electrons. The summed E-state index contributed by atoms with van der Waals surface area (Å²) in [5.41, 5.74) is 0.974. The summed E-state index contributed by atoms with van der Waals surface area (Å²) in [5, 5.41) is 69.3. The Bertz CT molecular complexity index is 2410. The van der Waals surface area contributed by atoms with Gasteiger partial charge in [0.05, 0.1) is 56.5 Å². The quantitative estimate of drug-likeness (QED) is 0.0963. The van der Waals surface area contributed by atoms with E-state index in [4.69, 9.17) is 16.3 Å². The highest BCUT2D eigenvalue weighted by molar-refractivity contribution is 6.31. The molecule has 0 saturated carbocycles. The summed E-state index contributed by atoms with van der Waals surface area (Å²) in [5.74, 6) is -6.89. The van der Waals surface area contributed by atoms with E-state index in [9.17, 15) is 63.9 Å². The Labute approximate surface area is 394 Å². The molecule has 2 aromatic carbocycles. The van der Waals surface area contributed by atoms with Gasteiger partial charge in [-0.05, 0) is 48.7 Å². The number of halogens is 1. The Hall–Kier alpha value is -6.85. The summed E-state index contributed by atoms with van der Waals surface area (Å²) >= 11 is 6.11. The van der Waals surface area contributed by atoms with Crippen molar-refractivity contribution in [2.45, 2.75) is 87.6 Å². The number of carbonyl (C=O) groups is 8. The van der Waals surface area contributed by atoms with Crippen LogP contribution in [0.15, 0.2) is 60.7 Å². The predicted molar refractivity (Wildman–Crippen MR) is 244 cm³/mol. The summed E-state index contributed by atoms with van der Waals surface area (Å²) in [6.07, 6.45) is -3.26. The van der Waals surface area contributed by atoms with Crippen molar-refractivity contribution < 1.29 is 68.6 Å². The Kier molecular flexibility index (Phi) is 18.6. The van der Waals surface area contributed by atoms with Crippen LogP contribution in [0.4, 0.5) is 0 Å². The maximum absolute atomic E-state index is 13.6. The molecule has 3 aromatic rings. The smallest absolute Gasteiger partial charge is 0.352 e. The number of amides is 7. The lowest BCUT2D eigenvalue weighted by atomic mass is 9.96. The molecule has 3 heterocycles. The van der Waals surface area contributed by atoms with Gasteiger partial charge < -0.3 is 72.1 Å². The summed E-state index contributed by atoms with van der Waals surface area (Å²) in [7, 11) is 1.25. The lowest BCUT2D eigenvalue weighted by Crippen LogP contribution is -2.60. The predicted octanol–water partition coefficient (Wildman–Crippen LogP) is -1.61. The van der Waals surface area contributed by atoms with Crippen molar-refractivity contribution in [1.82, 2.24) is 41.8 Å². The number of nitrogens with zero attached hydrogens (tertiary/aromatic N) is 1. The Morgan fingerprint density at radius 1 is 0.853 bits per heavy atom. The molecule has 0 aliphatic carbocycles. The van der Waals surface area contributed by atoms with Crippen molar-refractivity contribution in [2.75, 3.05) is 33.3 Å². The number of ether oxygens (including phenoxy) is 1. The molecular formula is C45H55ClN8O14. The van der Waals surface area contributed by atoms with E-state index in [2.05, 4.69) is 36.9 Å². The van der Waals surface area contributed by atoms with Crippen LogP contribution >= 0.6 is 11.6 Å². The fourth-order valence-corrected chi connectivity index (χ4v) is 7.73. The number of H-pyrrole nitrogens is 1. The summed E-state index contributed by atoms with van der Waals surface area (Å²) in [6.45, 7) is 0.462. The number of benzene rings is 2. The van der Waals surface area contributed by atoms with Gasteiger partial charge in [0.2, 0.25) is 35.4 Å². The zero-order valence-corrected chi connectivity index (χ0v) is 37.8. The number of aromatic amines is 1. The van der Waals surface area contributed by atoms with Crippen LogP contribution in [0.25, 0.3) is 17.0 Å². The van der Waals surface area contributed by atoms with Gasteiger partial charge in [-0.25, -0.2) is 4.79 Å². The third kappa shape index (κ3) is 14.6. The molecule has 0 radical (unpaired) electrons. The first kappa shape index (κ1) is 52.1. The minimum Gasteiger partial charge on any atom is -0.494 e. The van der Waals surface area contributed by atoms with Gasteiger partial charge in [0.25, 0.3) is 5.91 Å². The monoisotopic (exact) mass is 966 g/mol. The number of carboxylic acid groups (broad SMARTS) is 1. The molecule has 7 amide bonds. The number of nitrogens with one attached hydrogen (secondary N) is 7. The first-order valence-corrected chi connectivity index (χ1v) is 22.0. The van der Waals surface area contributed by atoms with Crippen molar-refractivity contribution in [3.63, 3.8) is 0 Å². The Balaban J connectivity index is 1.34. The SMILES string of the molecule is CCOc1ccc(C=CC=CCC(O)C(O)C2NC(=O)CC(O)CNC(=O)CNC(=O)C(Cc3c(C(=O)O)[nH]c4cc(Cl)ccc34)NC(=O)CN(C)C(=O)CC3NC(=O)CC3NC(=O)C2O)cc1. The lowest BCUT2D eigenvalue weighted by molar-refractivity contribution is -0.139. The van der Waals surface area contributed by atoms with Gasteiger partial charge in [-0.2, -0.15) is 0 Å². The zero-order chi connectivity index (χ0) is 49.7. The maximum atomic E-state index is 13.6. The fourth-order valence-electron chi connectivity index (χ4n) is 7.56. The van der Waals surface area contributed by atoms with Crippen LogP contribution in [0.5, 0.6) is 5.75 Å². The second-order valence-electron chi connectivity index (χ2n) is 16.2. The van der Waals surface area contributed by atoms with E-state index in [0.29, 0.717) is 23.3 Å². The number of aromatic nitrogens is 1. The minimum atomic E-state index is -2.27. The van der Waals surface area contributed by atoms with Crippen molar-refractivity contribution >= 4 is 75.9 Å². The summed E-state index contributed by atoms with van der Waals surface area (Å²) < 4.78 is 5.43. The van der Waals surface area contributed by atoms with Crippen molar-refractivity contribution in [3.8, 4) is 5.75 Å². The number of fused-ring (bicyclic) bond motifs is 2. The summed E-state index contributed by atoms with van der Waals surface area (Å²) in [4.78, 5) is 109. The zero-order valence-electron chi connectivity index (χ0n) is 37.1. The lowest BCUT2D eigenvalue weighted by Gasteiger charge is -2.31. The molecule has 12 N–H and O–H groups in total. The van der Waals surface area contributed by atoms with Crippen molar-refractivity contribution in [1.29, 1.82) is 0 Å². The molecule has 2 saturated heterocycles. The molecule has 1 aromatic heterocycles. The van der Waals surface area contributed by atoms with Crippen LogP contribution in [0.1, 0.15) is 54.2 Å². The van der Waals surface area contributed by atoms with E-state index < -0.39 is 135 Å². The number of allylic oxidation sites excluding steroid dienone is 2.